The van der Waals surface area contributed by atoms with Gasteiger partial charge in [-0.2, -0.15) is 0 Å². The van der Waals surface area contributed by atoms with E-state index in [-0.39, 0.29) is 11.9 Å². The molecule has 3 aromatic rings. The van der Waals surface area contributed by atoms with Gasteiger partial charge in [0.1, 0.15) is 10.7 Å². The van der Waals surface area contributed by atoms with Gasteiger partial charge in [0.25, 0.3) is 5.91 Å². The van der Waals surface area contributed by atoms with Crippen molar-refractivity contribution in [1.82, 2.24) is 15.6 Å². The van der Waals surface area contributed by atoms with Gasteiger partial charge in [-0.15, -0.1) is 11.3 Å². The molecule has 1 amide bonds. The minimum absolute atomic E-state index is 0.0610. The van der Waals surface area contributed by atoms with Crippen LogP contribution in [0.5, 0.6) is 0 Å². The number of amides is 1. The Kier molecular flexibility index (Phi) is 5.01. The van der Waals surface area contributed by atoms with Crippen LogP contribution in [0.1, 0.15) is 32.7 Å². The fraction of sp³-hybridized carbons (Fsp3) is 0.273. The van der Waals surface area contributed by atoms with Gasteiger partial charge in [-0.05, 0) is 23.3 Å². The van der Waals surface area contributed by atoms with E-state index in [0.29, 0.717) is 5.69 Å². The van der Waals surface area contributed by atoms with Crippen molar-refractivity contribution < 1.29 is 4.79 Å². The van der Waals surface area contributed by atoms with Gasteiger partial charge in [-0.3, -0.25) is 4.79 Å². The number of nitrogens with zero attached hydrogens (tertiary/aromatic N) is 2. The molecule has 2 aliphatic heterocycles. The van der Waals surface area contributed by atoms with Crippen molar-refractivity contribution in [3.8, 4) is 0 Å². The first kappa shape index (κ1) is 18.3. The van der Waals surface area contributed by atoms with Gasteiger partial charge in [0, 0.05) is 38.1 Å². The zero-order valence-corrected chi connectivity index (χ0v) is 16.8. The number of carbonyl (C=O) groups excluding carboxylic acids is 1. The summed E-state index contributed by atoms with van der Waals surface area (Å²) in [6.45, 7) is 4.60. The van der Waals surface area contributed by atoms with Gasteiger partial charge < -0.3 is 20.9 Å². The molecule has 2 aliphatic rings. The Morgan fingerprint density at radius 1 is 1.10 bits per heavy atom. The van der Waals surface area contributed by atoms with Crippen LogP contribution < -0.4 is 20.9 Å². The first-order chi connectivity index (χ1) is 14.3. The fourth-order valence-electron chi connectivity index (χ4n) is 3.99. The highest BCUT2D eigenvalue weighted by Gasteiger charge is 2.26. The largest absolute Gasteiger partial charge is 0.367 e. The summed E-state index contributed by atoms with van der Waals surface area (Å²) in [5.41, 5.74) is 4.90. The van der Waals surface area contributed by atoms with Crippen molar-refractivity contribution in [2.24, 2.45) is 0 Å². The van der Waals surface area contributed by atoms with E-state index in [4.69, 9.17) is 0 Å². The molecule has 6 nitrogen and oxygen atoms in total. The third kappa shape index (κ3) is 3.64. The average Bonchev–Trinajstić information content (AvgIpc) is 3.42. The molecule has 7 heteroatoms. The number of nitrogens with one attached hydrogen (secondary N) is 3. The normalized spacial score (nSPS) is 18.5. The molecule has 3 N–H and O–H groups in total. The summed E-state index contributed by atoms with van der Waals surface area (Å²) in [4.78, 5) is 19.9. The Bertz CT molecular complexity index is 1030. The van der Waals surface area contributed by atoms with Crippen LogP contribution in [0.3, 0.4) is 0 Å². The second kappa shape index (κ2) is 7.94. The number of rotatable bonds is 4. The molecular weight excluding hydrogens is 382 g/mol. The lowest BCUT2D eigenvalue weighted by molar-refractivity contribution is 0.102. The number of carbonyl (C=O) groups is 1. The van der Waals surface area contributed by atoms with Crippen LogP contribution in [0.2, 0.25) is 0 Å². The summed E-state index contributed by atoms with van der Waals surface area (Å²) >= 11 is 1.53. The zero-order valence-electron chi connectivity index (χ0n) is 16.0. The molecular formula is C22H23N5OS. The van der Waals surface area contributed by atoms with Crippen LogP contribution in [-0.4, -0.2) is 37.1 Å². The molecule has 0 spiro atoms. The molecule has 1 saturated heterocycles. The van der Waals surface area contributed by atoms with E-state index in [1.165, 1.54) is 22.5 Å². The molecule has 2 aromatic carbocycles. The molecule has 0 aliphatic carbocycles. The predicted octanol–water partition coefficient (Wildman–Crippen LogP) is 3.00. The number of aromatic nitrogens is 1. The summed E-state index contributed by atoms with van der Waals surface area (Å²) in [7, 11) is 0. The number of piperazine rings is 1. The maximum atomic E-state index is 12.9. The van der Waals surface area contributed by atoms with Crippen molar-refractivity contribution in [2.75, 3.05) is 36.4 Å². The maximum absolute atomic E-state index is 12.9. The second-order valence-corrected chi connectivity index (χ2v) is 8.18. The molecule has 1 aromatic heterocycles. The summed E-state index contributed by atoms with van der Waals surface area (Å²) in [6, 6.07) is 16.4. The van der Waals surface area contributed by atoms with Crippen LogP contribution in [0.4, 0.5) is 11.4 Å². The van der Waals surface area contributed by atoms with Gasteiger partial charge >= 0.3 is 0 Å². The Labute approximate surface area is 174 Å². The summed E-state index contributed by atoms with van der Waals surface area (Å²) in [6.07, 6.45) is 0. The molecule has 148 valence electrons. The van der Waals surface area contributed by atoms with E-state index in [0.717, 1.165) is 49.1 Å². The van der Waals surface area contributed by atoms with Crippen LogP contribution in [-0.2, 0) is 6.54 Å². The van der Waals surface area contributed by atoms with E-state index in [1.807, 2.05) is 29.6 Å². The highest BCUT2D eigenvalue weighted by Crippen LogP contribution is 2.33. The number of hydrogen-bond acceptors (Lipinski definition) is 6. The molecule has 0 radical (unpaired) electrons. The maximum Gasteiger partial charge on any atom is 0.275 e. The van der Waals surface area contributed by atoms with Crippen molar-refractivity contribution in [3.05, 3.63) is 75.7 Å². The molecule has 1 fully saturated rings. The van der Waals surface area contributed by atoms with Gasteiger partial charge in [-0.25, -0.2) is 4.98 Å². The Balaban J connectivity index is 1.34. The first-order valence-corrected chi connectivity index (χ1v) is 10.8. The van der Waals surface area contributed by atoms with Crippen molar-refractivity contribution >= 4 is 28.6 Å². The van der Waals surface area contributed by atoms with E-state index in [1.54, 1.807) is 0 Å². The third-order valence-corrected chi connectivity index (χ3v) is 6.38. The van der Waals surface area contributed by atoms with Crippen molar-refractivity contribution in [2.45, 2.75) is 12.6 Å². The van der Waals surface area contributed by atoms with E-state index in [9.17, 15) is 4.79 Å². The van der Waals surface area contributed by atoms with Gasteiger partial charge in [0.15, 0.2) is 0 Å². The van der Waals surface area contributed by atoms with Crippen molar-refractivity contribution in [1.29, 1.82) is 0 Å². The lowest BCUT2D eigenvalue weighted by Gasteiger charge is -2.31. The standard InChI is InChI=1S/C22H23N5OS/c28-21(25-17-7-3-4-8-19(17)27-11-9-23-10-12-27)18-14-29-22(26-18)20-16-6-2-1-5-15(16)13-24-20/h1-8,14,20,23-24H,9-13H2,(H,25,28). The van der Waals surface area contributed by atoms with E-state index >= 15 is 0 Å². The number of anilines is 2. The molecule has 5 rings (SSSR count). The quantitative estimate of drug-likeness (QED) is 0.623. The van der Waals surface area contributed by atoms with Crippen LogP contribution in [0.25, 0.3) is 0 Å². The smallest absolute Gasteiger partial charge is 0.275 e. The SMILES string of the molecule is O=C(Nc1ccccc1N1CCNCC1)c1csc(C2NCc3ccccc32)n1. The minimum Gasteiger partial charge on any atom is -0.367 e. The number of thiazole rings is 1. The van der Waals surface area contributed by atoms with E-state index < -0.39 is 0 Å². The van der Waals surface area contributed by atoms with Crippen LogP contribution in [0, 0.1) is 0 Å². The summed E-state index contributed by atoms with van der Waals surface area (Å²) < 4.78 is 0. The molecule has 29 heavy (non-hydrogen) atoms. The number of hydrogen-bond donors (Lipinski definition) is 3. The molecule has 1 atom stereocenters. The monoisotopic (exact) mass is 405 g/mol. The van der Waals surface area contributed by atoms with Crippen molar-refractivity contribution in [3.63, 3.8) is 0 Å². The minimum atomic E-state index is -0.165. The molecule has 1 unspecified atom stereocenters. The molecule has 3 heterocycles. The third-order valence-electron chi connectivity index (χ3n) is 5.47. The fourth-order valence-corrected chi connectivity index (χ4v) is 4.88. The zero-order chi connectivity index (χ0) is 19.6. The Morgan fingerprint density at radius 3 is 2.79 bits per heavy atom. The molecule has 0 bridgehead atoms. The lowest BCUT2D eigenvalue weighted by Crippen LogP contribution is -2.43. The lowest BCUT2D eigenvalue weighted by atomic mass is 10.1. The molecule has 0 saturated carbocycles. The predicted molar refractivity (Wildman–Crippen MR) is 117 cm³/mol. The highest BCUT2D eigenvalue weighted by molar-refractivity contribution is 7.10. The summed E-state index contributed by atoms with van der Waals surface area (Å²) in [5, 5.41) is 12.7. The summed E-state index contributed by atoms with van der Waals surface area (Å²) in [5.74, 6) is -0.165. The first-order valence-electron chi connectivity index (χ1n) is 9.92. The van der Waals surface area contributed by atoms with Gasteiger partial charge in [-0.1, -0.05) is 36.4 Å². The topological polar surface area (TPSA) is 69.3 Å². The van der Waals surface area contributed by atoms with Crippen LogP contribution in [0.15, 0.2) is 53.9 Å². The second-order valence-electron chi connectivity index (χ2n) is 7.29. The van der Waals surface area contributed by atoms with Gasteiger partial charge in [0.2, 0.25) is 0 Å². The number of para-hydroxylation sites is 2. The Hall–Kier alpha value is -2.74. The number of fused-ring (bicyclic) bond motifs is 1. The van der Waals surface area contributed by atoms with Crippen LogP contribution >= 0.6 is 11.3 Å². The number of benzene rings is 2. The average molecular weight is 406 g/mol. The van der Waals surface area contributed by atoms with Gasteiger partial charge in [0.05, 0.1) is 17.4 Å². The Morgan fingerprint density at radius 2 is 1.90 bits per heavy atom. The highest BCUT2D eigenvalue weighted by atomic mass is 32.1. The van der Waals surface area contributed by atoms with E-state index in [2.05, 4.69) is 50.1 Å².